The van der Waals surface area contributed by atoms with Gasteiger partial charge in [-0.05, 0) is 0 Å². The average Bonchev–Trinajstić information content (AvgIpc) is 2.75. The summed E-state index contributed by atoms with van der Waals surface area (Å²) in [6, 6.07) is 11.0. The van der Waals surface area contributed by atoms with Crippen molar-refractivity contribution < 1.29 is 3.76 Å². The molecule has 0 aromatic heterocycles. The van der Waals surface area contributed by atoms with Crippen molar-refractivity contribution >= 4 is 13.6 Å². The summed E-state index contributed by atoms with van der Waals surface area (Å²) in [4.78, 5) is 0. The van der Waals surface area contributed by atoms with Crippen LogP contribution in [0, 0.1) is 0 Å². The molecule has 3 aliphatic carbocycles. The van der Waals surface area contributed by atoms with Crippen molar-refractivity contribution in [2.24, 2.45) is 0 Å². The molecule has 1 aromatic rings. The van der Waals surface area contributed by atoms with Gasteiger partial charge in [0.1, 0.15) is 0 Å². The molecule has 3 saturated carbocycles. The first-order valence-corrected chi connectivity index (χ1v) is 16.1. The molecule has 26 heavy (non-hydrogen) atoms. The molecule has 0 spiro atoms. The quantitative estimate of drug-likeness (QED) is 0.443. The number of para-hydroxylation sites is 1. The molecule has 0 radical (unpaired) electrons. The van der Waals surface area contributed by atoms with Crippen molar-refractivity contribution in [2.75, 3.05) is 0 Å². The fourth-order valence-corrected chi connectivity index (χ4v) is 21.2. The Hall–Kier alpha value is -0.437. The molecule has 0 heterocycles. The molecule has 3 fully saturated rings. The first kappa shape index (κ1) is 18.9. The molecule has 144 valence electrons. The van der Waals surface area contributed by atoms with Crippen molar-refractivity contribution in [3.8, 4) is 5.75 Å². The molecule has 0 amide bonds. The summed E-state index contributed by atoms with van der Waals surface area (Å²) in [5, 5.41) is 0. The Balaban J connectivity index is 1.71. The van der Waals surface area contributed by atoms with Gasteiger partial charge in [0.25, 0.3) is 0 Å². The standard InChI is InChI=1S/C24H38GeO/c1-5-13-21(14-6-1)25(22-15-7-2-8-16-22,23-17-9-3-10-18-23)26-24-19-11-4-12-20-24/h4,11-12,19-23H,1-3,5-10,13-18H2. The summed E-state index contributed by atoms with van der Waals surface area (Å²) in [5.41, 5.74) is 0. The first-order valence-electron chi connectivity index (χ1n) is 11.6. The van der Waals surface area contributed by atoms with Gasteiger partial charge in [0, 0.05) is 0 Å². The van der Waals surface area contributed by atoms with Gasteiger partial charge >= 0.3 is 164 Å². The minimum atomic E-state index is -2.52. The van der Waals surface area contributed by atoms with Crippen LogP contribution in [0.25, 0.3) is 0 Å². The van der Waals surface area contributed by atoms with Crippen LogP contribution in [0.3, 0.4) is 0 Å². The summed E-state index contributed by atoms with van der Waals surface area (Å²) in [6.45, 7) is 0. The first-order chi connectivity index (χ1) is 12.9. The van der Waals surface area contributed by atoms with E-state index >= 15 is 0 Å². The molecule has 0 aliphatic heterocycles. The van der Waals surface area contributed by atoms with Crippen molar-refractivity contribution in [2.45, 2.75) is 111 Å². The molecule has 2 heteroatoms. The molecule has 3 aliphatic rings. The Bertz CT molecular complexity index is 479. The second-order valence-electron chi connectivity index (χ2n) is 9.27. The van der Waals surface area contributed by atoms with Crippen LogP contribution in [0.5, 0.6) is 5.75 Å². The molecule has 0 N–H and O–H groups in total. The predicted octanol–water partition coefficient (Wildman–Crippen LogP) is 8.01. The van der Waals surface area contributed by atoms with E-state index in [4.69, 9.17) is 3.76 Å². The van der Waals surface area contributed by atoms with E-state index in [1.165, 1.54) is 102 Å². The number of hydrogen-bond acceptors (Lipinski definition) is 1. The number of benzene rings is 1. The van der Waals surface area contributed by atoms with Crippen LogP contribution >= 0.6 is 0 Å². The van der Waals surface area contributed by atoms with Crippen LogP contribution in [0.2, 0.25) is 14.3 Å². The summed E-state index contributed by atoms with van der Waals surface area (Å²) in [6.07, 6.45) is 22.1. The second kappa shape index (κ2) is 9.17. The van der Waals surface area contributed by atoms with Crippen LogP contribution in [-0.4, -0.2) is 13.6 Å². The van der Waals surface area contributed by atoms with Crippen molar-refractivity contribution in [3.63, 3.8) is 0 Å². The average molecular weight is 415 g/mol. The third-order valence-corrected chi connectivity index (χ3v) is 20.7. The van der Waals surface area contributed by atoms with Gasteiger partial charge in [-0.25, -0.2) is 0 Å². The molecule has 0 saturated heterocycles. The summed E-state index contributed by atoms with van der Waals surface area (Å²) in [7, 11) is 0. The zero-order valence-electron chi connectivity index (χ0n) is 16.6. The third-order valence-electron chi connectivity index (χ3n) is 7.77. The summed E-state index contributed by atoms with van der Waals surface area (Å²) in [5.74, 6) is 1.22. The Kier molecular flexibility index (Phi) is 6.67. The molecule has 0 bridgehead atoms. The normalized spacial score (nSPS) is 24.5. The van der Waals surface area contributed by atoms with Gasteiger partial charge in [-0.3, -0.25) is 0 Å². The molecule has 1 nitrogen and oxygen atoms in total. The zero-order valence-corrected chi connectivity index (χ0v) is 18.7. The van der Waals surface area contributed by atoms with E-state index in [1.54, 1.807) is 0 Å². The fraction of sp³-hybridized carbons (Fsp3) is 0.750. The van der Waals surface area contributed by atoms with Gasteiger partial charge in [-0.1, -0.05) is 0 Å². The van der Waals surface area contributed by atoms with Gasteiger partial charge in [0.15, 0.2) is 0 Å². The zero-order chi connectivity index (χ0) is 17.7. The van der Waals surface area contributed by atoms with Crippen molar-refractivity contribution in [3.05, 3.63) is 30.3 Å². The van der Waals surface area contributed by atoms with E-state index < -0.39 is 13.6 Å². The Morgan fingerprint density at radius 3 is 1.31 bits per heavy atom. The molecule has 0 unspecified atom stereocenters. The van der Waals surface area contributed by atoms with Gasteiger partial charge in [-0.15, -0.1) is 0 Å². The predicted molar refractivity (Wildman–Crippen MR) is 113 cm³/mol. The summed E-state index contributed by atoms with van der Waals surface area (Å²) >= 11 is -2.52. The van der Waals surface area contributed by atoms with Gasteiger partial charge in [-0.2, -0.15) is 0 Å². The Morgan fingerprint density at radius 2 is 0.923 bits per heavy atom. The van der Waals surface area contributed by atoms with E-state index in [0.717, 1.165) is 14.3 Å². The molecule has 0 atom stereocenters. The molecule has 1 aromatic carbocycles. The van der Waals surface area contributed by atoms with E-state index in [2.05, 4.69) is 30.3 Å². The molecule has 4 rings (SSSR count). The SMILES string of the molecule is c1ccc([O][Ge]([CH]2CCCCC2)([CH]2CCCCC2)[CH]2CCCCC2)cc1. The monoisotopic (exact) mass is 416 g/mol. The molecular weight excluding hydrogens is 377 g/mol. The van der Waals surface area contributed by atoms with Crippen molar-refractivity contribution in [1.82, 2.24) is 0 Å². The van der Waals surface area contributed by atoms with Gasteiger partial charge in [0.05, 0.1) is 0 Å². The second-order valence-corrected chi connectivity index (χ2v) is 18.4. The van der Waals surface area contributed by atoms with Gasteiger partial charge in [0.2, 0.25) is 0 Å². The Labute approximate surface area is 164 Å². The van der Waals surface area contributed by atoms with Crippen LogP contribution in [0.15, 0.2) is 30.3 Å². The van der Waals surface area contributed by atoms with Crippen molar-refractivity contribution in [1.29, 1.82) is 0 Å². The van der Waals surface area contributed by atoms with Crippen LogP contribution in [-0.2, 0) is 0 Å². The minimum absolute atomic E-state index is 0.968. The molecular formula is C24H38GeO. The summed E-state index contributed by atoms with van der Waals surface area (Å²) < 4.78 is 10.3. The van der Waals surface area contributed by atoms with Crippen LogP contribution in [0.4, 0.5) is 0 Å². The Morgan fingerprint density at radius 1 is 0.538 bits per heavy atom. The van der Waals surface area contributed by atoms with E-state index in [1.807, 2.05) is 0 Å². The maximum atomic E-state index is 7.41. The van der Waals surface area contributed by atoms with Gasteiger partial charge < -0.3 is 0 Å². The van der Waals surface area contributed by atoms with Crippen LogP contribution < -0.4 is 3.76 Å². The van der Waals surface area contributed by atoms with E-state index in [-0.39, 0.29) is 0 Å². The topological polar surface area (TPSA) is 9.23 Å². The van der Waals surface area contributed by atoms with Crippen LogP contribution in [0.1, 0.15) is 96.3 Å². The third kappa shape index (κ3) is 4.03. The van der Waals surface area contributed by atoms with E-state index in [9.17, 15) is 0 Å². The number of rotatable bonds is 5. The number of hydrogen-bond donors (Lipinski definition) is 0. The fourth-order valence-electron chi connectivity index (χ4n) is 6.60. The maximum absolute atomic E-state index is 7.41. The van der Waals surface area contributed by atoms with E-state index in [0.29, 0.717) is 0 Å².